The number of aliphatic hydroxyl groups is 1. The van der Waals surface area contributed by atoms with Crippen LogP contribution in [0.1, 0.15) is 30.9 Å². The molecule has 15 nitrogen and oxygen atoms in total. The number of benzene rings is 2. The Labute approximate surface area is 234 Å². The summed E-state index contributed by atoms with van der Waals surface area (Å²) in [6, 6.07) is 10.5. The van der Waals surface area contributed by atoms with Crippen LogP contribution in [0.2, 0.25) is 0 Å². The molecule has 1 heterocycles. The smallest absolute Gasteiger partial charge is 0.410 e. The number of amides is 2. The van der Waals surface area contributed by atoms with E-state index in [9.17, 15) is 39.7 Å². The first-order valence-corrected chi connectivity index (χ1v) is 12.7. The molecular weight excluding hydrogens is 544 g/mol. The Hall–Kier alpha value is -4.79. The predicted molar refractivity (Wildman–Crippen MR) is 140 cm³/mol. The number of ether oxygens (including phenoxy) is 3. The summed E-state index contributed by atoms with van der Waals surface area (Å²) in [5, 5.41) is 34.6. The molecule has 2 aromatic carbocycles. The first-order valence-electron chi connectivity index (χ1n) is 12.7. The number of nitro benzene ring substituents is 2. The Morgan fingerprint density at radius 3 is 2.00 bits per heavy atom. The molecule has 15 heteroatoms. The molecule has 0 aromatic heterocycles. The van der Waals surface area contributed by atoms with E-state index in [0.717, 1.165) is 0 Å². The van der Waals surface area contributed by atoms with Crippen molar-refractivity contribution in [2.45, 2.75) is 45.1 Å². The van der Waals surface area contributed by atoms with E-state index in [2.05, 4.69) is 5.32 Å². The summed E-state index contributed by atoms with van der Waals surface area (Å²) >= 11 is 0. The zero-order valence-corrected chi connectivity index (χ0v) is 22.2. The van der Waals surface area contributed by atoms with Gasteiger partial charge < -0.3 is 29.5 Å². The minimum atomic E-state index is -0.850. The SMILES string of the molecule is CC(=O)OCCC(CNC(=O)OCc1ccc([N+](=O)[O-])cc1)[C@@H]1C[C@@H](O)CN1C(=O)OCc1ccc([N+](=O)[O-])cc1. The zero-order valence-electron chi connectivity index (χ0n) is 22.2. The minimum absolute atomic E-state index is 0.0117. The molecule has 41 heavy (non-hydrogen) atoms. The lowest BCUT2D eigenvalue weighted by molar-refractivity contribution is -0.385. The van der Waals surface area contributed by atoms with Crippen LogP contribution in [0.4, 0.5) is 21.0 Å². The topological polar surface area (TPSA) is 201 Å². The number of nitrogens with zero attached hydrogens (tertiary/aromatic N) is 3. The molecule has 1 fully saturated rings. The van der Waals surface area contributed by atoms with E-state index in [1.807, 2.05) is 0 Å². The molecule has 0 radical (unpaired) electrons. The summed E-state index contributed by atoms with van der Waals surface area (Å²) in [6.45, 7) is 0.983. The normalized spacial score (nSPS) is 16.9. The molecule has 1 aliphatic rings. The Kier molecular flexibility index (Phi) is 10.9. The highest BCUT2D eigenvalue weighted by Crippen LogP contribution is 2.28. The number of aliphatic hydroxyl groups excluding tert-OH is 1. The fourth-order valence-corrected chi connectivity index (χ4v) is 4.35. The van der Waals surface area contributed by atoms with E-state index in [4.69, 9.17) is 14.2 Å². The molecular formula is C26H30N4O11. The maximum atomic E-state index is 12.9. The van der Waals surface area contributed by atoms with Crippen LogP contribution >= 0.6 is 0 Å². The van der Waals surface area contributed by atoms with E-state index in [1.165, 1.54) is 60.4 Å². The van der Waals surface area contributed by atoms with Gasteiger partial charge in [-0.3, -0.25) is 25.0 Å². The van der Waals surface area contributed by atoms with Crippen LogP contribution in [0.15, 0.2) is 48.5 Å². The van der Waals surface area contributed by atoms with Gasteiger partial charge in [0.1, 0.15) is 13.2 Å². The Morgan fingerprint density at radius 2 is 1.49 bits per heavy atom. The number of likely N-dealkylation sites (tertiary alicyclic amines) is 1. The number of carbonyl (C=O) groups is 3. The van der Waals surface area contributed by atoms with E-state index in [-0.39, 0.29) is 57.1 Å². The molecule has 0 aliphatic carbocycles. The van der Waals surface area contributed by atoms with Crippen molar-refractivity contribution >= 4 is 29.5 Å². The molecule has 0 bridgehead atoms. The van der Waals surface area contributed by atoms with Crippen molar-refractivity contribution in [3.05, 3.63) is 79.9 Å². The van der Waals surface area contributed by atoms with E-state index in [0.29, 0.717) is 11.1 Å². The van der Waals surface area contributed by atoms with Gasteiger partial charge in [0.2, 0.25) is 0 Å². The lowest BCUT2D eigenvalue weighted by Gasteiger charge is -2.31. The summed E-state index contributed by atoms with van der Waals surface area (Å²) in [5.41, 5.74) is 0.877. The molecule has 3 atom stereocenters. The number of nitro groups is 2. The van der Waals surface area contributed by atoms with Crippen LogP contribution in [-0.2, 0) is 32.2 Å². The standard InChI is InChI=1S/C26H30N4O11/c1-17(31)39-11-10-20(13-27-25(33)40-15-18-2-6-21(7-3-18)29(35)36)24-12-23(32)14-28(24)26(34)41-16-19-4-8-22(9-5-19)30(37)38/h2-9,20,23-24,32H,10-16H2,1H3,(H,27,33)/t20?,23-,24+/m1/s1. The van der Waals surface area contributed by atoms with Gasteiger partial charge >= 0.3 is 18.2 Å². The molecule has 1 unspecified atom stereocenters. The summed E-state index contributed by atoms with van der Waals surface area (Å²) in [4.78, 5) is 58.5. The van der Waals surface area contributed by atoms with Gasteiger partial charge in [0.15, 0.2) is 0 Å². The molecule has 2 aromatic rings. The third kappa shape index (κ3) is 9.42. The van der Waals surface area contributed by atoms with Crippen LogP contribution in [-0.4, -0.2) is 69.9 Å². The van der Waals surface area contributed by atoms with Gasteiger partial charge in [-0.2, -0.15) is 0 Å². The van der Waals surface area contributed by atoms with Gasteiger partial charge in [-0.05, 0) is 48.2 Å². The Balaban J connectivity index is 1.60. The summed E-state index contributed by atoms with van der Waals surface area (Å²) in [5.74, 6) is -0.949. The fraction of sp³-hybridized carbons (Fsp3) is 0.423. The van der Waals surface area contributed by atoms with Crippen LogP contribution in [0.25, 0.3) is 0 Å². The molecule has 2 amide bonds. The third-order valence-electron chi connectivity index (χ3n) is 6.43. The van der Waals surface area contributed by atoms with Crippen molar-refractivity contribution in [3.63, 3.8) is 0 Å². The first kappa shape index (κ1) is 30.7. The van der Waals surface area contributed by atoms with Crippen LogP contribution in [0.3, 0.4) is 0 Å². The largest absolute Gasteiger partial charge is 0.466 e. The summed E-state index contributed by atoms with van der Waals surface area (Å²) < 4.78 is 15.6. The Morgan fingerprint density at radius 1 is 0.951 bits per heavy atom. The Bertz CT molecular complexity index is 1240. The van der Waals surface area contributed by atoms with Gasteiger partial charge in [0.25, 0.3) is 11.4 Å². The van der Waals surface area contributed by atoms with E-state index < -0.39 is 46.1 Å². The van der Waals surface area contributed by atoms with Gasteiger partial charge in [0.05, 0.1) is 29.1 Å². The minimum Gasteiger partial charge on any atom is -0.466 e. The van der Waals surface area contributed by atoms with E-state index >= 15 is 0 Å². The second kappa shape index (κ2) is 14.6. The van der Waals surface area contributed by atoms with Crippen LogP contribution < -0.4 is 5.32 Å². The first-order chi connectivity index (χ1) is 19.5. The van der Waals surface area contributed by atoms with Crippen molar-refractivity contribution in [2.75, 3.05) is 19.7 Å². The van der Waals surface area contributed by atoms with E-state index in [1.54, 1.807) is 0 Å². The molecule has 1 aliphatic heterocycles. The quantitative estimate of drug-likeness (QED) is 0.163. The molecule has 220 valence electrons. The average Bonchev–Trinajstić information content (AvgIpc) is 3.34. The van der Waals surface area contributed by atoms with Gasteiger partial charge in [-0.25, -0.2) is 9.59 Å². The highest BCUT2D eigenvalue weighted by Gasteiger charge is 2.40. The van der Waals surface area contributed by atoms with Gasteiger partial charge in [-0.1, -0.05) is 0 Å². The third-order valence-corrected chi connectivity index (χ3v) is 6.43. The highest BCUT2D eigenvalue weighted by atomic mass is 16.6. The zero-order chi connectivity index (χ0) is 29.9. The lowest BCUT2D eigenvalue weighted by Crippen LogP contribution is -2.45. The number of alkyl carbamates (subject to hydrolysis) is 1. The number of rotatable bonds is 12. The number of hydrogen-bond donors (Lipinski definition) is 2. The van der Waals surface area contributed by atoms with Crippen molar-refractivity contribution in [1.82, 2.24) is 10.2 Å². The van der Waals surface area contributed by atoms with Crippen molar-refractivity contribution in [1.29, 1.82) is 0 Å². The monoisotopic (exact) mass is 574 g/mol. The number of hydrogen-bond acceptors (Lipinski definition) is 11. The highest BCUT2D eigenvalue weighted by molar-refractivity contribution is 5.69. The maximum Gasteiger partial charge on any atom is 0.410 e. The van der Waals surface area contributed by atoms with Gasteiger partial charge in [-0.15, -0.1) is 0 Å². The van der Waals surface area contributed by atoms with Crippen molar-refractivity contribution in [2.24, 2.45) is 5.92 Å². The lowest BCUT2D eigenvalue weighted by atomic mass is 9.94. The fourth-order valence-electron chi connectivity index (χ4n) is 4.35. The summed E-state index contributed by atoms with van der Waals surface area (Å²) in [6.07, 6.45) is -1.89. The van der Waals surface area contributed by atoms with Crippen LogP contribution in [0, 0.1) is 26.1 Å². The summed E-state index contributed by atoms with van der Waals surface area (Å²) in [7, 11) is 0. The predicted octanol–water partition coefficient (Wildman–Crippen LogP) is 3.07. The second-order valence-corrected chi connectivity index (χ2v) is 9.36. The number of esters is 1. The number of carbonyl (C=O) groups excluding carboxylic acids is 3. The van der Waals surface area contributed by atoms with Crippen LogP contribution in [0.5, 0.6) is 0 Å². The molecule has 0 saturated carbocycles. The molecule has 3 rings (SSSR count). The molecule has 1 saturated heterocycles. The average molecular weight is 575 g/mol. The second-order valence-electron chi connectivity index (χ2n) is 9.36. The number of nitrogens with one attached hydrogen (secondary N) is 1. The van der Waals surface area contributed by atoms with Crippen molar-refractivity contribution < 1.29 is 43.5 Å². The molecule has 2 N–H and O–H groups in total. The molecule has 0 spiro atoms. The number of β-amino-alcohol motifs (C(OH)–C–C–N with tert-alkyl or cyclic N) is 1. The van der Waals surface area contributed by atoms with Gasteiger partial charge in [0, 0.05) is 49.7 Å². The van der Waals surface area contributed by atoms with Crippen molar-refractivity contribution in [3.8, 4) is 0 Å². The maximum absolute atomic E-state index is 12.9. The number of non-ortho nitro benzene ring substituents is 2.